The average molecular weight is 316 g/mol. The van der Waals surface area contributed by atoms with Crippen molar-refractivity contribution in [2.24, 2.45) is 0 Å². The maximum atomic E-state index is 13.8. The van der Waals surface area contributed by atoms with Crippen molar-refractivity contribution in [2.45, 2.75) is 5.88 Å². The molecule has 0 N–H and O–H groups in total. The number of nitro benzene ring substituents is 1. The predicted molar refractivity (Wildman–Crippen MR) is 74.1 cm³/mol. The highest BCUT2D eigenvalue weighted by molar-refractivity contribution is 6.32. The zero-order valence-corrected chi connectivity index (χ0v) is 11.5. The van der Waals surface area contributed by atoms with Crippen LogP contribution >= 0.6 is 23.2 Å². The summed E-state index contributed by atoms with van der Waals surface area (Å²) >= 11 is 11.5. The van der Waals surface area contributed by atoms with E-state index in [1.54, 1.807) is 6.07 Å². The average Bonchev–Trinajstić information content (AvgIpc) is 2.42. The van der Waals surface area contributed by atoms with E-state index in [1.165, 1.54) is 24.3 Å². The third-order valence-corrected chi connectivity index (χ3v) is 3.12. The van der Waals surface area contributed by atoms with Crippen molar-refractivity contribution < 1.29 is 14.1 Å². The van der Waals surface area contributed by atoms with Gasteiger partial charge in [0.05, 0.1) is 16.0 Å². The zero-order valence-electron chi connectivity index (χ0n) is 9.98. The van der Waals surface area contributed by atoms with E-state index in [9.17, 15) is 14.5 Å². The lowest BCUT2D eigenvalue weighted by Crippen LogP contribution is -1.93. The Balaban J connectivity index is 2.34. The van der Waals surface area contributed by atoms with Gasteiger partial charge in [-0.05, 0) is 23.8 Å². The molecule has 0 unspecified atom stereocenters. The molecule has 2 rings (SSSR count). The predicted octanol–water partition coefficient (Wildman–Crippen LogP) is 4.92. The molecule has 0 aliphatic carbocycles. The number of alkyl halides is 1. The Morgan fingerprint density at radius 3 is 2.55 bits per heavy atom. The summed E-state index contributed by atoms with van der Waals surface area (Å²) in [5, 5.41) is 10.8. The van der Waals surface area contributed by atoms with E-state index in [-0.39, 0.29) is 28.1 Å². The lowest BCUT2D eigenvalue weighted by molar-refractivity contribution is -0.384. The van der Waals surface area contributed by atoms with Crippen LogP contribution in [0.2, 0.25) is 5.02 Å². The highest BCUT2D eigenvalue weighted by atomic mass is 35.5. The molecular weight excluding hydrogens is 308 g/mol. The van der Waals surface area contributed by atoms with Gasteiger partial charge in [0.15, 0.2) is 17.3 Å². The van der Waals surface area contributed by atoms with Crippen LogP contribution in [0.4, 0.5) is 10.1 Å². The van der Waals surface area contributed by atoms with Crippen molar-refractivity contribution in [1.82, 2.24) is 0 Å². The summed E-state index contributed by atoms with van der Waals surface area (Å²) < 4.78 is 19.0. The molecule has 0 saturated carbocycles. The van der Waals surface area contributed by atoms with Crippen molar-refractivity contribution in [2.75, 3.05) is 0 Å². The first-order valence-electron chi connectivity index (χ1n) is 5.47. The second-order valence-electron chi connectivity index (χ2n) is 3.87. The molecule has 2 aromatic rings. The Kier molecular flexibility index (Phi) is 4.42. The van der Waals surface area contributed by atoms with Crippen LogP contribution in [0.3, 0.4) is 0 Å². The molecule has 2 aromatic carbocycles. The van der Waals surface area contributed by atoms with Gasteiger partial charge < -0.3 is 4.74 Å². The van der Waals surface area contributed by atoms with Crippen molar-refractivity contribution in [3.63, 3.8) is 0 Å². The van der Waals surface area contributed by atoms with Gasteiger partial charge in [-0.25, -0.2) is 4.39 Å². The number of non-ortho nitro benzene ring substituents is 1. The van der Waals surface area contributed by atoms with E-state index in [1.807, 2.05) is 0 Å². The van der Waals surface area contributed by atoms with Crippen LogP contribution in [0, 0.1) is 15.9 Å². The van der Waals surface area contributed by atoms with E-state index >= 15 is 0 Å². The second kappa shape index (κ2) is 6.07. The maximum Gasteiger partial charge on any atom is 0.273 e. The number of halogens is 3. The molecular formula is C13H8Cl2FNO3. The maximum absolute atomic E-state index is 13.8. The molecule has 0 atom stereocenters. The van der Waals surface area contributed by atoms with Gasteiger partial charge in [-0.1, -0.05) is 17.7 Å². The normalized spacial score (nSPS) is 10.3. The number of hydrogen-bond acceptors (Lipinski definition) is 3. The first-order chi connectivity index (χ1) is 9.51. The van der Waals surface area contributed by atoms with Crippen LogP contribution < -0.4 is 4.74 Å². The fourth-order valence-electron chi connectivity index (χ4n) is 1.51. The molecule has 20 heavy (non-hydrogen) atoms. The van der Waals surface area contributed by atoms with Crippen molar-refractivity contribution in [1.29, 1.82) is 0 Å². The third kappa shape index (κ3) is 3.18. The van der Waals surface area contributed by atoms with Crippen LogP contribution in [0.15, 0.2) is 36.4 Å². The van der Waals surface area contributed by atoms with Gasteiger partial charge in [0.2, 0.25) is 0 Å². The summed E-state index contributed by atoms with van der Waals surface area (Å²) in [7, 11) is 0. The largest absolute Gasteiger partial charge is 0.452 e. The van der Waals surface area contributed by atoms with Crippen LogP contribution in [0.25, 0.3) is 0 Å². The molecule has 0 spiro atoms. The smallest absolute Gasteiger partial charge is 0.273 e. The monoisotopic (exact) mass is 315 g/mol. The first-order valence-corrected chi connectivity index (χ1v) is 6.38. The van der Waals surface area contributed by atoms with Gasteiger partial charge in [0.25, 0.3) is 5.69 Å². The fourth-order valence-corrected chi connectivity index (χ4v) is 1.83. The Bertz CT molecular complexity index is 664. The van der Waals surface area contributed by atoms with Gasteiger partial charge in [-0.2, -0.15) is 0 Å². The molecule has 0 aromatic heterocycles. The van der Waals surface area contributed by atoms with Gasteiger partial charge in [-0.15, -0.1) is 11.6 Å². The van der Waals surface area contributed by atoms with Crippen molar-refractivity contribution in [3.8, 4) is 11.5 Å². The molecule has 0 fully saturated rings. The molecule has 0 saturated heterocycles. The number of hydrogen-bond donors (Lipinski definition) is 0. The van der Waals surface area contributed by atoms with E-state index in [2.05, 4.69) is 0 Å². The van der Waals surface area contributed by atoms with Crippen molar-refractivity contribution in [3.05, 3.63) is 62.9 Å². The molecule has 104 valence electrons. The van der Waals surface area contributed by atoms with Gasteiger partial charge in [-0.3, -0.25) is 10.1 Å². The van der Waals surface area contributed by atoms with Crippen LogP contribution in [0.5, 0.6) is 11.5 Å². The lowest BCUT2D eigenvalue weighted by Gasteiger charge is -2.09. The second-order valence-corrected chi connectivity index (χ2v) is 4.55. The minimum Gasteiger partial charge on any atom is -0.452 e. The number of nitrogens with zero attached hydrogens (tertiary/aromatic N) is 1. The summed E-state index contributed by atoms with van der Waals surface area (Å²) in [6, 6.07) is 7.91. The Morgan fingerprint density at radius 1 is 1.20 bits per heavy atom. The number of benzene rings is 2. The Morgan fingerprint density at radius 2 is 1.95 bits per heavy atom. The zero-order chi connectivity index (χ0) is 14.7. The molecule has 0 radical (unpaired) electrons. The summed E-state index contributed by atoms with van der Waals surface area (Å²) in [4.78, 5) is 10.1. The fraction of sp³-hybridized carbons (Fsp3) is 0.0769. The highest BCUT2D eigenvalue weighted by Gasteiger charge is 2.13. The van der Waals surface area contributed by atoms with E-state index < -0.39 is 10.7 Å². The van der Waals surface area contributed by atoms with E-state index in [4.69, 9.17) is 27.9 Å². The lowest BCUT2D eigenvalue weighted by atomic mass is 10.2. The number of ether oxygens (including phenoxy) is 1. The van der Waals surface area contributed by atoms with Gasteiger partial charge >= 0.3 is 0 Å². The molecule has 0 aliphatic rings. The molecule has 7 heteroatoms. The summed E-state index contributed by atoms with van der Waals surface area (Å²) in [6.07, 6.45) is 0. The molecule has 0 aliphatic heterocycles. The molecule has 0 amide bonds. The minimum absolute atomic E-state index is 0.0124. The van der Waals surface area contributed by atoms with E-state index in [0.29, 0.717) is 5.56 Å². The first kappa shape index (κ1) is 14.6. The highest BCUT2D eigenvalue weighted by Crippen LogP contribution is 2.34. The minimum atomic E-state index is -0.620. The summed E-state index contributed by atoms with van der Waals surface area (Å²) in [5.74, 6) is -0.514. The SMILES string of the molecule is O=[N+]([O-])c1ccc(Cl)c(Oc2ccc(CCl)cc2F)c1. The number of rotatable bonds is 4. The van der Waals surface area contributed by atoms with E-state index in [0.717, 1.165) is 6.07 Å². The van der Waals surface area contributed by atoms with Gasteiger partial charge in [0.1, 0.15) is 0 Å². The standard InChI is InChI=1S/C13H8Cl2FNO3/c14-7-8-1-4-12(11(16)5-8)20-13-6-9(17(18)19)2-3-10(13)15/h1-6H,7H2. The number of nitro groups is 1. The topological polar surface area (TPSA) is 52.4 Å². The molecule has 0 bridgehead atoms. The third-order valence-electron chi connectivity index (χ3n) is 2.50. The molecule has 0 heterocycles. The quantitative estimate of drug-likeness (QED) is 0.457. The van der Waals surface area contributed by atoms with Crippen LogP contribution in [-0.2, 0) is 5.88 Å². The summed E-state index contributed by atoms with van der Waals surface area (Å²) in [6.45, 7) is 0. The Labute approximate surface area is 123 Å². The molecule has 4 nitrogen and oxygen atoms in total. The van der Waals surface area contributed by atoms with Gasteiger partial charge in [0, 0.05) is 11.9 Å². The van der Waals surface area contributed by atoms with Crippen molar-refractivity contribution >= 4 is 28.9 Å². The Hall–Kier alpha value is -1.85. The summed E-state index contributed by atoms with van der Waals surface area (Å²) in [5.41, 5.74) is 0.406. The van der Waals surface area contributed by atoms with Crippen LogP contribution in [-0.4, -0.2) is 4.92 Å². The van der Waals surface area contributed by atoms with Crippen LogP contribution in [0.1, 0.15) is 5.56 Å².